The second-order valence-corrected chi connectivity index (χ2v) is 5.01. The summed E-state index contributed by atoms with van der Waals surface area (Å²) in [5, 5.41) is 2.85. The molecule has 0 aliphatic carbocycles. The number of imidazole rings is 1. The van der Waals surface area contributed by atoms with Crippen molar-refractivity contribution in [2.24, 2.45) is 0 Å². The van der Waals surface area contributed by atoms with Crippen molar-refractivity contribution in [2.45, 2.75) is 20.4 Å². The molecule has 4 nitrogen and oxygen atoms in total. The Morgan fingerprint density at radius 1 is 1.33 bits per heavy atom. The quantitative estimate of drug-likeness (QED) is 0.947. The van der Waals surface area contributed by atoms with Crippen molar-refractivity contribution >= 4 is 27.5 Å². The van der Waals surface area contributed by atoms with Crippen LogP contribution in [0.1, 0.15) is 11.4 Å². The van der Waals surface area contributed by atoms with Gasteiger partial charge in [-0.1, -0.05) is 15.9 Å². The van der Waals surface area contributed by atoms with E-state index in [4.69, 9.17) is 0 Å². The number of hydrogen-bond acceptors (Lipinski definition) is 2. The van der Waals surface area contributed by atoms with Crippen molar-refractivity contribution in [1.82, 2.24) is 9.55 Å². The van der Waals surface area contributed by atoms with Crippen LogP contribution in [0.3, 0.4) is 0 Å². The summed E-state index contributed by atoms with van der Waals surface area (Å²) >= 11 is 3.35. The van der Waals surface area contributed by atoms with Crippen molar-refractivity contribution in [1.29, 1.82) is 0 Å². The molecule has 2 aromatic rings. The van der Waals surface area contributed by atoms with E-state index in [2.05, 4.69) is 26.2 Å². The number of carbonyl (C=O) groups excluding carboxylic acids is 1. The molecular weight excluding hydrogens is 294 g/mol. The van der Waals surface area contributed by atoms with E-state index in [9.17, 15) is 4.79 Å². The van der Waals surface area contributed by atoms with Crippen molar-refractivity contribution in [3.05, 3.63) is 46.5 Å². The third-order valence-corrected chi connectivity index (χ3v) is 3.32. The zero-order valence-electron chi connectivity index (χ0n) is 10.3. The molecule has 1 aromatic heterocycles. The molecule has 0 saturated heterocycles. The molecule has 0 aliphatic heterocycles. The molecule has 0 saturated carbocycles. The summed E-state index contributed by atoms with van der Waals surface area (Å²) in [6, 6.07) is 7.49. The summed E-state index contributed by atoms with van der Waals surface area (Å²) in [7, 11) is 0. The second kappa shape index (κ2) is 5.35. The number of rotatable bonds is 3. The topological polar surface area (TPSA) is 46.9 Å². The monoisotopic (exact) mass is 307 g/mol. The summed E-state index contributed by atoms with van der Waals surface area (Å²) in [5.74, 6) is -0.0576. The van der Waals surface area contributed by atoms with E-state index >= 15 is 0 Å². The largest absolute Gasteiger partial charge is 0.325 e. The summed E-state index contributed by atoms with van der Waals surface area (Å²) in [4.78, 5) is 16.0. The Morgan fingerprint density at radius 2 is 2.00 bits per heavy atom. The zero-order valence-corrected chi connectivity index (χ0v) is 11.9. The van der Waals surface area contributed by atoms with E-state index in [-0.39, 0.29) is 12.5 Å². The number of hydrogen-bond donors (Lipinski definition) is 1. The molecular formula is C13H14BrN3O. The minimum atomic E-state index is -0.0576. The number of aryl methyl sites for hydroxylation is 1. The van der Waals surface area contributed by atoms with Crippen LogP contribution in [0.15, 0.2) is 35.1 Å². The van der Waals surface area contributed by atoms with Gasteiger partial charge in [0.1, 0.15) is 6.54 Å². The zero-order chi connectivity index (χ0) is 13.1. The van der Waals surface area contributed by atoms with Gasteiger partial charge in [0.15, 0.2) is 0 Å². The van der Waals surface area contributed by atoms with E-state index in [0.29, 0.717) is 0 Å². The molecule has 0 aliphatic rings. The van der Waals surface area contributed by atoms with Crippen LogP contribution in [-0.4, -0.2) is 15.5 Å². The molecule has 2 rings (SSSR count). The lowest BCUT2D eigenvalue weighted by Crippen LogP contribution is -2.18. The maximum atomic E-state index is 11.9. The molecule has 5 heteroatoms. The van der Waals surface area contributed by atoms with Crippen LogP contribution in [0.5, 0.6) is 0 Å². The van der Waals surface area contributed by atoms with Crippen molar-refractivity contribution < 1.29 is 4.79 Å². The lowest BCUT2D eigenvalue weighted by atomic mass is 10.3. The number of carbonyl (C=O) groups is 1. The summed E-state index contributed by atoms with van der Waals surface area (Å²) < 4.78 is 2.82. The normalized spacial score (nSPS) is 10.4. The number of nitrogens with zero attached hydrogens (tertiary/aromatic N) is 2. The first-order valence-electron chi connectivity index (χ1n) is 5.60. The molecule has 0 fully saturated rings. The number of nitrogens with one attached hydrogen (secondary N) is 1. The molecule has 1 aromatic carbocycles. The molecule has 0 spiro atoms. The molecule has 0 radical (unpaired) electrons. The number of amides is 1. The Bertz CT molecular complexity index is 560. The average Bonchev–Trinajstić information content (AvgIpc) is 2.64. The Morgan fingerprint density at radius 3 is 2.56 bits per heavy atom. The van der Waals surface area contributed by atoms with E-state index in [1.165, 1.54) is 0 Å². The van der Waals surface area contributed by atoms with Gasteiger partial charge in [-0.2, -0.15) is 0 Å². The van der Waals surface area contributed by atoms with Gasteiger partial charge in [-0.05, 0) is 38.1 Å². The Labute approximate surface area is 114 Å². The van der Waals surface area contributed by atoms with Gasteiger partial charge >= 0.3 is 0 Å². The lowest BCUT2D eigenvalue weighted by molar-refractivity contribution is -0.116. The number of anilines is 1. The SMILES string of the molecule is Cc1ncn(CC(=O)Nc2ccc(Br)cc2)c1C. The fourth-order valence-electron chi connectivity index (χ4n) is 1.59. The Hall–Kier alpha value is -1.62. The fraction of sp³-hybridized carbons (Fsp3) is 0.231. The molecule has 1 heterocycles. The molecule has 0 atom stereocenters. The third kappa shape index (κ3) is 2.98. The lowest BCUT2D eigenvalue weighted by Gasteiger charge is -2.07. The van der Waals surface area contributed by atoms with Gasteiger partial charge in [0.2, 0.25) is 5.91 Å². The van der Waals surface area contributed by atoms with Gasteiger partial charge in [-0.15, -0.1) is 0 Å². The highest BCUT2D eigenvalue weighted by Gasteiger charge is 2.07. The highest BCUT2D eigenvalue weighted by Crippen LogP contribution is 2.14. The van der Waals surface area contributed by atoms with Crippen LogP contribution in [0.4, 0.5) is 5.69 Å². The number of benzene rings is 1. The molecule has 0 unspecified atom stereocenters. The smallest absolute Gasteiger partial charge is 0.244 e. The van der Waals surface area contributed by atoms with Crippen LogP contribution in [0, 0.1) is 13.8 Å². The van der Waals surface area contributed by atoms with Gasteiger partial charge in [0.25, 0.3) is 0 Å². The van der Waals surface area contributed by atoms with E-state index in [1.807, 2.05) is 42.7 Å². The Kier molecular flexibility index (Phi) is 3.81. The summed E-state index contributed by atoms with van der Waals surface area (Å²) in [6.07, 6.45) is 1.69. The van der Waals surface area contributed by atoms with Crippen LogP contribution in [0.25, 0.3) is 0 Å². The number of halogens is 1. The first-order valence-corrected chi connectivity index (χ1v) is 6.39. The van der Waals surface area contributed by atoms with Gasteiger partial charge in [-0.25, -0.2) is 4.98 Å². The predicted octanol–water partition coefficient (Wildman–Crippen LogP) is 2.90. The molecule has 1 amide bonds. The van der Waals surface area contributed by atoms with Crippen LogP contribution < -0.4 is 5.32 Å². The maximum absolute atomic E-state index is 11.9. The van der Waals surface area contributed by atoms with Crippen LogP contribution >= 0.6 is 15.9 Å². The van der Waals surface area contributed by atoms with Crippen molar-refractivity contribution in [3.8, 4) is 0 Å². The third-order valence-electron chi connectivity index (χ3n) is 2.79. The molecule has 0 bridgehead atoms. The first kappa shape index (κ1) is 12.8. The van der Waals surface area contributed by atoms with Crippen LogP contribution in [-0.2, 0) is 11.3 Å². The molecule has 1 N–H and O–H groups in total. The van der Waals surface area contributed by atoms with E-state index < -0.39 is 0 Å². The minimum absolute atomic E-state index is 0.0576. The predicted molar refractivity (Wildman–Crippen MR) is 74.5 cm³/mol. The summed E-state index contributed by atoms with van der Waals surface area (Å²) in [5.41, 5.74) is 2.75. The van der Waals surface area contributed by atoms with Gasteiger partial charge in [0, 0.05) is 15.9 Å². The van der Waals surface area contributed by atoms with Gasteiger partial charge < -0.3 is 9.88 Å². The van der Waals surface area contributed by atoms with Crippen molar-refractivity contribution in [3.63, 3.8) is 0 Å². The highest BCUT2D eigenvalue weighted by atomic mass is 79.9. The van der Waals surface area contributed by atoms with E-state index in [0.717, 1.165) is 21.5 Å². The minimum Gasteiger partial charge on any atom is -0.325 e. The van der Waals surface area contributed by atoms with Gasteiger partial charge in [0.05, 0.1) is 12.0 Å². The number of aromatic nitrogens is 2. The maximum Gasteiger partial charge on any atom is 0.244 e. The summed E-state index contributed by atoms with van der Waals surface area (Å²) in [6.45, 7) is 4.16. The second-order valence-electron chi connectivity index (χ2n) is 4.10. The Balaban J connectivity index is 2.01. The highest BCUT2D eigenvalue weighted by molar-refractivity contribution is 9.10. The van der Waals surface area contributed by atoms with E-state index in [1.54, 1.807) is 6.33 Å². The van der Waals surface area contributed by atoms with Crippen LogP contribution in [0.2, 0.25) is 0 Å². The first-order chi connectivity index (χ1) is 8.56. The molecule has 18 heavy (non-hydrogen) atoms. The molecule has 94 valence electrons. The van der Waals surface area contributed by atoms with Crippen molar-refractivity contribution in [2.75, 3.05) is 5.32 Å². The standard InChI is InChI=1S/C13H14BrN3O/c1-9-10(2)17(8-15-9)7-13(18)16-12-5-3-11(14)4-6-12/h3-6,8H,7H2,1-2H3,(H,16,18). The fourth-order valence-corrected chi connectivity index (χ4v) is 1.86. The van der Waals surface area contributed by atoms with Gasteiger partial charge in [-0.3, -0.25) is 4.79 Å². The average molecular weight is 308 g/mol.